The Labute approximate surface area is 160 Å². The van der Waals surface area contributed by atoms with Gasteiger partial charge in [-0.05, 0) is 31.4 Å². The summed E-state index contributed by atoms with van der Waals surface area (Å²) in [6, 6.07) is 9.72. The standard InChI is InChI=1S/C21H29N3O3/c25-19-18(9-12-24(19)17-7-3-1-4-8-17)22-13-15-23(16-14-22)20(26)21(27)10-5-2-6-11-21/h1,3-4,7-8,18,27H,2,5-6,9-16H2. The van der Waals surface area contributed by atoms with Crippen LogP contribution in [0.25, 0.3) is 0 Å². The zero-order chi connectivity index (χ0) is 18.9. The maximum atomic E-state index is 12.9. The minimum absolute atomic E-state index is 0.0970. The van der Waals surface area contributed by atoms with E-state index < -0.39 is 5.60 Å². The van der Waals surface area contributed by atoms with Crippen molar-refractivity contribution in [2.45, 2.75) is 50.2 Å². The van der Waals surface area contributed by atoms with Crippen molar-refractivity contribution >= 4 is 17.5 Å². The Kier molecular flexibility index (Phi) is 5.19. The fourth-order valence-electron chi connectivity index (χ4n) is 4.75. The van der Waals surface area contributed by atoms with E-state index in [-0.39, 0.29) is 17.9 Å². The first-order chi connectivity index (χ1) is 13.1. The number of hydrogen-bond donors (Lipinski definition) is 1. The van der Waals surface area contributed by atoms with Crippen LogP contribution in [0.3, 0.4) is 0 Å². The lowest BCUT2D eigenvalue weighted by Crippen LogP contribution is -2.58. The van der Waals surface area contributed by atoms with E-state index in [9.17, 15) is 14.7 Å². The number of piperazine rings is 1. The number of rotatable bonds is 3. The van der Waals surface area contributed by atoms with Crippen LogP contribution in [-0.2, 0) is 9.59 Å². The molecule has 4 rings (SSSR count). The van der Waals surface area contributed by atoms with Crippen molar-refractivity contribution in [3.8, 4) is 0 Å². The molecule has 0 radical (unpaired) electrons. The molecule has 0 spiro atoms. The smallest absolute Gasteiger partial charge is 0.254 e. The molecule has 0 bridgehead atoms. The molecule has 2 amide bonds. The summed E-state index contributed by atoms with van der Waals surface area (Å²) in [5, 5.41) is 10.7. The molecule has 3 aliphatic rings. The van der Waals surface area contributed by atoms with E-state index >= 15 is 0 Å². The Morgan fingerprint density at radius 3 is 2.30 bits per heavy atom. The monoisotopic (exact) mass is 371 g/mol. The Morgan fingerprint density at radius 2 is 1.63 bits per heavy atom. The fraction of sp³-hybridized carbons (Fsp3) is 0.619. The quantitative estimate of drug-likeness (QED) is 0.877. The summed E-state index contributed by atoms with van der Waals surface area (Å²) < 4.78 is 0. The number of carbonyl (C=O) groups excluding carboxylic acids is 2. The Bertz CT molecular complexity index is 679. The summed E-state index contributed by atoms with van der Waals surface area (Å²) in [5.41, 5.74) is -0.202. The minimum atomic E-state index is -1.16. The first-order valence-corrected chi connectivity index (χ1v) is 10.2. The molecule has 6 heteroatoms. The van der Waals surface area contributed by atoms with Crippen molar-refractivity contribution < 1.29 is 14.7 Å². The molecule has 6 nitrogen and oxygen atoms in total. The number of nitrogens with zero attached hydrogens (tertiary/aromatic N) is 3. The third-order valence-corrected chi connectivity index (χ3v) is 6.37. The second-order valence-electron chi connectivity index (χ2n) is 8.05. The van der Waals surface area contributed by atoms with Crippen LogP contribution in [0, 0.1) is 0 Å². The third kappa shape index (κ3) is 3.60. The predicted molar refractivity (Wildman–Crippen MR) is 103 cm³/mol. The van der Waals surface area contributed by atoms with Crippen LogP contribution in [0.15, 0.2) is 30.3 Å². The van der Waals surface area contributed by atoms with Crippen LogP contribution >= 0.6 is 0 Å². The zero-order valence-corrected chi connectivity index (χ0v) is 15.8. The van der Waals surface area contributed by atoms with Crippen molar-refractivity contribution in [2.24, 2.45) is 0 Å². The van der Waals surface area contributed by atoms with Crippen LogP contribution < -0.4 is 4.90 Å². The highest BCUT2D eigenvalue weighted by atomic mass is 16.3. The van der Waals surface area contributed by atoms with Gasteiger partial charge in [-0.15, -0.1) is 0 Å². The molecule has 1 aromatic rings. The van der Waals surface area contributed by atoms with Gasteiger partial charge in [0.2, 0.25) is 5.91 Å². The lowest BCUT2D eigenvalue weighted by Gasteiger charge is -2.41. The molecule has 1 saturated carbocycles. The molecule has 1 atom stereocenters. The fourth-order valence-corrected chi connectivity index (χ4v) is 4.75. The van der Waals surface area contributed by atoms with Crippen LogP contribution in [0.5, 0.6) is 0 Å². The molecule has 2 aliphatic heterocycles. The van der Waals surface area contributed by atoms with Gasteiger partial charge < -0.3 is 14.9 Å². The highest BCUT2D eigenvalue weighted by Gasteiger charge is 2.43. The predicted octanol–water partition coefficient (Wildman–Crippen LogP) is 1.63. The van der Waals surface area contributed by atoms with Crippen molar-refractivity contribution in [3.05, 3.63) is 30.3 Å². The lowest BCUT2D eigenvalue weighted by molar-refractivity contribution is -0.156. The number of anilines is 1. The number of benzene rings is 1. The van der Waals surface area contributed by atoms with Crippen molar-refractivity contribution in [2.75, 3.05) is 37.6 Å². The Morgan fingerprint density at radius 1 is 0.963 bits per heavy atom. The van der Waals surface area contributed by atoms with E-state index in [0.717, 1.165) is 37.9 Å². The second-order valence-corrected chi connectivity index (χ2v) is 8.05. The summed E-state index contributed by atoms with van der Waals surface area (Å²) >= 11 is 0. The average molecular weight is 371 g/mol. The van der Waals surface area contributed by atoms with Gasteiger partial charge in [0, 0.05) is 38.4 Å². The number of hydrogen-bond acceptors (Lipinski definition) is 4. The number of para-hydroxylation sites is 1. The SMILES string of the molecule is O=C1C(N2CCN(C(=O)C3(O)CCCCC3)CC2)CCN1c1ccccc1. The highest BCUT2D eigenvalue weighted by molar-refractivity contribution is 5.99. The van der Waals surface area contributed by atoms with Gasteiger partial charge in [0.1, 0.15) is 5.60 Å². The molecule has 27 heavy (non-hydrogen) atoms. The second kappa shape index (κ2) is 7.60. The van der Waals surface area contributed by atoms with E-state index in [4.69, 9.17) is 0 Å². The van der Waals surface area contributed by atoms with Gasteiger partial charge in [0.15, 0.2) is 0 Å². The van der Waals surface area contributed by atoms with Gasteiger partial charge in [0.05, 0.1) is 6.04 Å². The van der Waals surface area contributed by atoms with E-state index in [1.807, 2.05) is 35.2 Å². The van der Waals surface area contributed by atoms with Crippen LogP contribution in [0.1, 0.15) is 38.5 Å². The molecule has 1 unspecified atom stereocenters. The molecule has 1 aromatic carbocycles. The number of carbonyl (C=O) groups is 2. The molecule has 146 valence electrons. The molecule has 0 aromatic heterocycles. The summed E-state index contributed by atoms with van der Waals surface area (Å²) in [7, 11) is 0. The van der Waals surface area contributed by atoms with Gasteiger partial charge in [-0.25, -0.2) is 0 Å². The molecule has 2 saturated heterocycles. The van der Waals surface area contributed by atoms with Crippen molar-refractivity contribution in [1.82, 2.24) is 9.80 Å². The third-order valence-electron chi connectivity index (χ3n) is 6.37. The van der Waals surface area contributed by atoms with E-state index in [0.29, 0.717) is 39.0 Å². The molecule has 1 N–H and O–H groups in total. The largest absolute Gasteiger partial charge is 0.380 e. The first kappa shape index (κ1) is 18.4. The Hall–Kier alpha value is -1.92. The van der Waals surface area contributed by atoms with Crippen LogP contribution in [0.4, 0.5) is 5.69 Å². The van der Waals surface area contributed by atoms with E-state index in [2.05, 4.69) is 4.90 Å². The first-order valence-electron chi connectivity index (χ1n) is 10.2. The van der Waals surface area contributed by atoms with Gasteiger partial charge in [-0.3, -0.25) is 14.5 Å². The number of amides is 2. The maximum absolute atomic E-state index is 12.9. The van der Waals surface area contributed by atoms with Gasteiger partial charge in [-0.2, -0.15) is 0 Å². The topological polar surface area (TPSA) is 64.1 Å². The maximum Gasteiger partial charge on any atom is 0.254 e. The number of aliphatic hydroxyl groups is 1. The van der Waals surface area contributed by atoms with E-state index in [1.54, 1.807) is 4.90 Å². The highest BCUT2D eigenvalue weighted by Crippen LogP contribution is 2.31. The molecular formula is C21H29N3O3. The lowest BCUT2D eigenvalue weighted by atomic mass is 9.83. The van der Waals surface area contributed by atoms with Crippen LogP contribution in [0.2, 0.25) is 0 Å². The average Bonchev–Trinajstić information content (AvgIpc) is 3.10. The van der Waals surface area contributed by atoms with Gasteiger partial charge in [0.25, 0.3) is 5.91 Å². The van der Waals surface area contributed by atoms with Gasteiger partial charge in [-0.1, -0.05) is 37.5 Å². The molecule has 2 heterocycles. The molecular weight excluding hydrogens is 342 g/mol. The summed E-state index contributed by atoms with van der Waals surface area (Å²) in [6.07, 6.45) is 4.94. The van der Waals surface area contributed by atoms with Crippen molar-refractivity contribution in [1.29, 1.82) is 0 Å². The summed E-state index contributed by atoms with van der Waals surface area (Å²) in [4.78, 5) is 31.5. The summed E-state index contributed by atoms with van der Waals surface area (Å²) in [6.45, 7) is 3.32. The van der Waals surface area contributed by atoms with Crippen molar-refractivity contribution in [3.63, 3.8) is 0 Å². The molecule has 1 aliphatic carbocycles. The van der Waals surface area contributed by atoms with Crippen LogP contribution in [-0.4, -0.2) is 71.1 Å². The molecule has 3 fully saturated rings. The van der Waals surface area contributed by atoms with E-state index in [1.165, 1.54) is 0 Å². The summed E-state index contributed by atoms with van der Waals surface area (Å²) in [5.74, 6) is 0.0531. The van der Waals surface area contributed by atoms with Gasteiger partial charge >= 0.3 is 0 Å². The zero-order valence-electron chi connectivity index (χ0n) is 15.8. The minimum Gasteiger partial charge on any atom is -0.380 e. The Balaban J connectivity index is 1.34. The normalized spacial score (nSPS) is 26.4.